The summed E-state index contributed by atoms with van der Waals surface area (Å²) in [5, 5.41) is 34.9. The van der Waals surface area contributed by atoms with Crippen LogP contribution in [0.1, 0.15) is 132 Å². The van der Waals surface area contributed by atoms with Crippen molar-refractivity contribution in [1.29, 1.82) is 0 Å². The van der Waals surface area contributed by atoms with Crippen molar-refractivity contribution in [1.82, 2.24) is 45.9 Å². The molecule has 81 heavy (non-hydrogen) atoms. The zero-order chi connectivity index (χ0) is 58.5. The molecular formula is C59H77N9O10S3. The average Bonchev–Trinajstić information content (AvgIpc) is 4.18. The van der Waals surface area contributed by atoms with Gasteiger partial charge in [0.05, 0.1) is 51.7 Å². The van der Waals surface area contributed by atoms with Crippen molar-refractivity contribution >= 4 is 61.2 Å². The Morgan fingerprint density at radius 1 is 0.765 bits per heavy atom. The van der Waals surface area contributed by atoms with Crippen LogP contribution in [0.5, 0.6) is 0 Å². The Bertz CT molecular complexity index is 3170. The number of unbranched alkanes of at least 4 members (excludes halogenated alkanes) is 3. The number of nitrogens with zero attached hydrogens (tertiary/aromatic N) is 4. The predicted molar refractivity (Wildman–Crippen MR) is 311 cm³/mol. The van der Waals surface area contributed by atoms with Crippen molar-refractivity contribution in [3.05, 3.63) is 137 Å². The number of nitrogens with one attached hydrogen (secondary N) is 5. The number of carbonyl (C=O) groups excluding carboxylic acids is 5. The van der Waals surface area contributed by atoms with Gasteiger partial charge in [-0.25, -0.2) is 26.3 Å². The van der Waals surface area contributed by atoms with Gasteiger partial charge in [0.1, 0.15) is 11.7 Å². The average molecular weight is 1170 g/mol. The minimum atomic E-state index is -4.23. The van der Waals surface area contributed by atoms with Crippen LogP contribution in [0.25, 0.3) is 0 Å². The number of hydrogen-bond donors (Lipinski definition) is 6. The summed E-state index contributed by atoms with van der Waals surface area (Å²) in [5.74, 6) is -0.237. The van der Waals surface area contributed by atoms with E-state index < -0.39 is 44.0 Å². The number of hydrogen-bond acceptors (Lipinski definition) is 13. The fraction of sp³-hybridized carbons (Fsp3) is 0.475. The van der Waals surface area contributed by atoms with E-state index in [0.717, 1.165) is 30.6 Å². The maximum absolute atomic E-state index is 14.1. The van der Waals surface area contributed by atoms with E-state index in [1.165, 1.54) is 39.4 Å². The third kappa shape index (κ3) is 17.1. The number of amides is 5. The Labute approximate surface area is 480 Å². The van der Waals surface area contributed by atoms with Gasteiger partial charge < -0.3 is 31.7 Å². The molecule has 0 saturated carbocycles. The van der Waals surface area contributed by atoms with E-state index in [1.54, 1.807) is 79.7 Å². The summed E-state index contributed by atoms with van der Waals surface area (Å²) >= 11 is 1.86. The maximum Gasteiger partial charge on any atom is 0.315 e. The largest absolute Gasteiger partial charge is 0.390 e. The fourth-order valence-corrected chi connectivity index (χ4v) is 14.2. The van der Waals surface area contributed by atoms with Gasteiger partial charge in [-0.15, -0.1) is 5.10 Å². The number of sulfonamides is 1. The van der Waals surface area contributed by atoms with Gasteiger partial charge >= 0.3 is 6.03 Å². The SMILES string of the molecule is CC(C)CN(CC(O)[C@H](C)n1cc(CNC(=O)[C@H](Cc2ccc(C(=O)c3ccccc3)cc2)NC(=O)CCCCCNC(=O)CCCC[C@@H]2SC[C@@H]3NC(=O)N[C@@H]32)nn1)S(=O)(=O)c1ccc(S(=O)(=O)c2ccc(C(C)(C)C)cc2)cc1. The summed E-state index contributed by atoms with van der Waals surface area (Å²) in [4.78, 5) is 64.5. The molecule has 6 atom stereocenters. The fourth-order valence-electron chi connectivity index (χ4n) is 9.76. The molecule has 0 bridgehead atoms. The molecule has 19 nitrogen and oxygen atoms in total. The lowest BCUT2D eigenvalue weighted by Crippen LogP contribution is -2.47. The quantitative estimate of drug-likeness (QED) is 0.0167. The van der Waals surface area contributed by atoms with Gasteiger partial charge in [-0.2, -0.15) is 16.1 Å². The Hall–Kier alpha value is -6.46. The summed E-state index contributed by atoms with van der Waals surface area (Å²) in [7, 11) is -8.18. The van der Waals surface area contributed by atoms with Crippen molar-refractivity contribution in [3.63, 3.8) is 0 Å². The van der Waals surface area contributed by atoms with Gasteiger partial charge in [-0.3, -0.25) is 19.2 Å². The highest BCUT2D eigenvalue weighted by atomic mass is 32.2. The minimum absolute atomic E-state index is 0.0179. The molecule has 7 rings (SSSR count). The monoisotopic (exact) mass is 1170 g/mol. The van der Waals surface area contributed by atoms with E-state index in [2.05, 4.69) is 36.9 Å². The zero-order valence-electron chi connectivity index (χ0n) is 47.0. The topological polar surface area (TPSA) is 268 Å². The second-order valence-electron chi connectivity index (χ2n) is 22.4. The van der Waals surface area contributed by atoms with E-state index in [1.807, 2.05) is 52.4 Å². The molecule has 5 aromatic rings. The van der Waals surface area contributed by atoms with Crippen molar-refractivity contribution in [2.45, 2.75) is 161 Å². The smallest absolute Gasteiger partial charge is 0.315 e. The molecular weight excluding hydrogens is 1090 g/mol. The molecule has 1 aromatic heterocycles. The molecule has 2 fully saturated rings. The van der Waals surface area contributed by atoms with Crippen LogP contribution < -0.4 is 26.6 Å². The number of ketones is 1. The van der Waals surface area contributed by atoms with Crippen LogP contribution in [-0.2, 0) is 52.6 Å². The van der Waals surface area contributed by atoms with E-state index in [9.17, 15) is 45.9 Å². The lowest BCUT2D eigenvalue weighted by molar-refractivity contribution is -0.129. The first-order valence-electron chi connectivity index (χ1n) is 27.8. The van der Waals surface area contributed by atoms with Crippen LogP contribution in [0, 0.1) is 5.92 Å². The normalized spacial score (nSPS) is 17.4. The van der Waals surface area contributed by atoms with E-state index in [-0.39, 0.29) is 94.2 Å². The van der Waals surface area contributed by atoms with E-state index >= 15 is 0 Å². The van der Waals surface area contributed by atoms with Crippen LogP contribution in [0.4, 0.5) is 4.79 Å². The lowest BCUT2D eigenvalue weighted by Gasteiger charge is -2.28. The van der Waals surface area contributed by atoms with Gasteiger partial charge in [0.25, 0.3) is 0 Å². The highest BCUT2D eigenvalue weighted by molar-refractivity contribution is 8.00. The van der Waals surface area contributed by atoms with Crippen LogP contribution in [-0.4, -0.2) is 126 Å². The number of fused-ring (bicyclic) bond motifs is 1. The number of rotatable bonds is 29. The van der Waals surface area contributed by atoms with Crippen LogP contribution in [0.15, 0.2) is 124 Å². The number of carbonyl (C=O) groups is 5. The number of aromatic nitrogens is 3. The summed E-state index contributed by atoms with van der Waals surface area (Å²) in [6.07, 6.45) is 5.41. The van der Waals surface area contributed by atoms with Gasteiger partial charge in [-0.05, 0) is 91.5 Å². The number of thioether (sulfide) groups is 1. The summed E-state index contributed by atoms with van der Waals surface area (Å²) in [6.45, 7) is 11.6. The molecule has 3 heterocycles. The van der Waals surface area contributed by atoms with Crippen LogP contribution in [0.2, 0.25) is 0 Å². The molecule has 436 valence electrons. The second kappa shape index (κ2) is 28.0. The Balaban J connectivity index is 0.912. The molecule has 5 amide bonds. The van der Waals surface area contributed by atoms with Gasteiger partial charge in [0.2, 0.25) is 37.6 Å². The van der Waals surface area contributed by atoms with Gasteiger partial charge in [-0.1, -0.05) is 119 Å². The van der Waals surface area contributed by atoms with Crippen molar-refractivity contribution in [2.24, 2.45) is 5.92 Å². The van der Waals surface area contributed by atoms with Crippen LogP contribution >= 0.6 is 11.8 Å². The predicted octanol–water partition coefficient (Wildman–Crippen LogP) is 6.65. The zero-order valence-corrected chi connectivity index (χ0v) is 49.4. The number of sulfone groups is 1. The third-order valence-corrected chi connectivity index (χ3v) is 19.7. The Kier molecular flexibility index (Phi) is 21.5. The number of aliphatic hydroxyl groups excluding tert-OH is 1. The molecule has 2 saturated heterocycles. The molecule has 22 heteroatoms. The highest BCUT2D eigenvalue weighted by Gasteiger charge is 2.42. The van der Waals surface area contributed by atoms with Gasteiger partial charge in [0, 0.05) is 61.0 Å². The molecule has 0 spiro atoms. The summed E-state index contributed by atoms with van der Waals surface area (Å²) in [5.41, 5.74) is 2.83. The summed E-state index contributed by atoms with van der Waals surface area (Å²) in [6, 6.07) is 25.9. The van der Waals surface area contributed by atoms with Crippen molar-refractivity contribution in [2.75, 3.05) is 25.4 Å². The highest BCUT2D eigenvalue weighted by Crippen LogP contribution is 2.33. The molecule has 6 N–H and O–H groups in total. The lowest BCUT2D eigenvalue weighted by atomic mass is 9.87. The Morgan fingerprint density at radius 3 is 2.06 bits per heavy atom. The Morgan fingerprint density at radius 2 is 1.40 bits per heavy atom. The van der Waals surface area contributed by atoms with Crippen molar-refractivity contribution in [3.8, 4) is 0 Å². The molecule has 0 radical (unpaired) electrons. The first-order valence-corrected chi connectivity index (χ1v) is 31.7. The van der Waals surface area contributed by atoms with Crippen LogP contribution in [0.3, 0.4) is 0 Å². The van der Waals surface area contributed by atoms with E-state index in [0.29, 0.717) is 59.9 Å². The van der Waals surface area contributed by atoms with E-state index in [4.69, 9.17) is 0 Å². The maximum atomic E-state index is 14.1. The number of benzene rings is 4. The number of urea groups is 1. The molecule has 0 aliphatic carbocycles. The molecule has 2 aliphatic heterocycles. The minimum Gasteiger partial charge on any atom is -0.390 e. The first-order chi connectivity index (χ1) is 38.5. The standard InChI is InChI=1S/C59H77N9O10S3/c1-39(2)35-67(81(77,78)48-30-28-47(29-31-48)80(75,76)46-26-24-44(25-27-46)59(4,5)6)37-51(69)40(3)68-36-45(65-66-68)34-61-57(73)49(33-41-20-22-43(23-21-41)56(72)42-15-9-7-10-16-42)62-54(71)19-11-8-14-32-60-53(70)18-13-12-17-52-55-50(38-79-52)63-58(74)64-55/h7,9-10,15-16,20-31,36,39-40,49-52,55,69H,8,11-14,17-19,32-35,37-38H2,1-6H3,(H,60,70)(H,61,73)(H,62,71)(H2,63,64,74)/t40-,49-,50-,51?,52-,55-/m0/s1. The molecule has 1 unspecified atom stereocenters. The third-order valence-electron chi connectivity index (χ3n) is 14.6. The molecule has 2 aliphatic rings. The number of aliphatic hydroxyl groups is 1. The molecule has 4 aromatic carbocycles. The second-order valence-corrected chi connectivity index (χ2v) is 27.6. The van der Waals surface area contributed by atoms with Crippen molar-refractivity contribution < 1.29 is 45.9 Å². The van der Waals surface area contributed by atoms with Gasteiger partial charge in [0.15, 0.2) is 5.78 Å². The first kappa shape index (κ1) is 62.1. The summed E-state index contributed by atoms with van der Waals surface area (Å²) < 4.78 is 57.9.